The molecular weight excluding hydrogens is 358 g/mol. The van der Waals surface area contributed by atoms with Crippen LogP contribution in [0.15, 0.2) is 48.7 Å². The number of carboxylic acids is 1. The number of H-pyrrole nitrogens is 1. The molecular formula is C20H23N5O3. The summed E-state index contributed by atoms with van der Waals surface area (Å²) < 4.78 is 5.70. The molecule has 146 valence electrons. The summed E-state index contributed by atoms with van der Waals surface area (Å²) in [6, 6.07) is 13.1. The Balaban J connectivity index is 1.78. The van der Waals surface area contributed by atoms with Crippen molar-refractivity contribution in [3.05, 3.63) is 60.0 Å². The number of ether oxygens (including phenoxy) is 1. The third kappa shape index (κ3) is 5.12. The van der Waals surface area contributed by atoms with E-state index in [9.17, 15) is 9.90 Å². The van der Waals surface area contributed by atoms with E-state index in [0.717, 1.165) is 5.56 Å². The van der Waals surface area contributed by atoms with E-state index in [-0.39, 0.29) is 5.92 Å². The lowest BCUT2D eigenvalue weighted by atomic mass is 9.81. The van der Waals surface area contributed by atoms with Crippen LogP contribution in [0.1, 0.15) is 37.6 Å². The van der Waals surface area contributed by atoms with Gasteiger partial charge in [-0.1, -0.05) is 43.3 Å². The number of hydrogen-bond acceptors (Lipinski definition) is 6. The van der Waals surface area contributed by atoms with E-state index < -0.39 is 17.8 Å². The maximum absolute atomic E-state index is 11.9. The summed E-state index contributed by atoms with van der Waals surface area (Å²) in [5, 5.41) is 23.9. The fourth-order valence-electron chi connectivity index (χ4n) is 3.14. The summed E-state index contributed by atoms with van der Waals surface area (Å²) in [6.45, 7) is 4.00. The number of hydrogen-bond donors (Lipinski definition) is 2. The Labute approximate surface area is 163 Å². The number of aliphatic carboxylic acids is 1. The topological polar surface area (TPSA) is 114 Å². The zero-order chi connectivity index (χ0) is 19.9. The van der Waals surface area contributed by atoms with Crippen molar-refractivity contribution in [2.45, 2.75) is 32.6 Å². The van der Waals surface area contributed by atoms with Gasteiger partial charge in [-0.05, 0) is 36.5 Å². The van der Waals surface area contributed by atoms with Gasteiger partial charge in [-0.3, -0.25) is 4.79 Å². The van der Waals surface area contributed by atoms with Gasteiger partial charge in [0, 0.05) is 18.2 Å². The molecule has 0 saturated carbocycles. The number of rotatable bonds is 9. The van der Waals surface area contributed by atoms with Crippen LogP contribution in [0.25, 0.3) is 0 Å². The summed E-state index contributed by atoms with van der Waals surface area (Å²) >= 11 is 0. The lowest BCUT2D eigenvalue weighted by Crippen LogP contribution is -2.26. The molecule has 0 radical (unpaired) electrons. The molecule has 0 amide bonds. The molecule has 2 N–H and O–H groups in total. The van der Waals surface area contributed by atoms with Crippen molar-refractivity contribution in [2.24, 2.45) is 11.8 Å². The van der Waals surface area contributed by atoms with Gasteiger partial charge in [-0.25, -0.2) is 4.98 Å². The van der Waals surface area contributed by atoms with Crippen LogP contribution in [0.2, 0.25) is 0 Å². The molecule has 3 aromatic rings. The zero-order valence-electron chi connectivity index (χ0n) is 15.8. The van der Waals surface area contributed by atoms with E-state index in [0.29, 0.717) is 30.3 Å². The molecule has 2 atom stereocenters. The fourth-order valence-corrected chi connectivity index (χ4v) is 3.14. The van der Waals surface area contributed by atoms with Gasteiger partial charge in [-0.2, -0.15) is 5.21 Å². The first kappa shape index (κ1) is 19.5. The van der Waals surface area contributed by atoms with Crippen molar-refractivity contribution in [1.82, 2.24) is 25.6 Å². The van der Waals surface area contributed by atoms with Gasteiger partial charge in [-0.15, -0.1) is 10.2 Å². The summed E-state index contributed by atoms with van der Waals surface area (Å²) in [5.74, 6) is -0.0639. The normalized spacial score (nSPS) is 13.2. The average Bonchev–Trinajstić information content (AvgIpc) is 3.21. The van der Waals surface area contributed by atoms with Crippen LogP contribution < -0.4 is 4.74 Å². The number of nitrogens with zero attached hydrogens (tertiary/aromatic N) is 4. The van der Waals surface area contributed by atoms with E-state index in [2.05, 4.69) is 25.6 Å². The Morgan fingerprint density at radius 2 is 1.96 bits per heavy atom. The number of pyridine rings is 1. The Hall–Kier alpha value is -3.29. The molecule has 8 nitrogen and oxygen atoms in total. The number of nitrogens with one attached hydrogen (secondary N) is 1. The van der Waals surface area contributed by atoms with Gasteiger partial charge >= 0.3 is 5.97 Å². The Morgan fingerprint density at radius 1 is 1.18 bits per heavy atom. The molecule has 8 heteroatoms. The summed E-state index contributed by atoms with van der Waals surface area (Å²) in [4.78, 5) is 16.2. The van der Waals surface area contributed by atoms with E-state index in [1.165, 1.54) is 0 Å². The van der Waals surface area contributed by atoms with E-state index >= 15 is 0 Å². The van der Waals surface area contributed by atoms with Crippen LogP contribution in [0.4, 0.5) is 0 Å². The average molecular weight is 381 g/mol. The molecule has 0 saturated heterocycles. The van der Waals surface area contributed by atoms with Gasteiger partial charge in [0.1, 0.15) is 5.75 Å². The minimum atomic E-state index is -0.861. The minimum Gasteiger partial charge on any atom is -0.481 e. The largest absolute Gasteiger partial charge is 0.481 e. The molecule has 2 unspecified atom stereocenters. The molecule has 0 aliphatic rings. The van der Waals surface area contributed by atoms with Crippen LogP contribution in [0.5, 0.6) is 11.6 Å². The fraction of sp³-hybridized carbons (Fsp3) is 0.350. The Bertz CT molecular complexity index is 867. The van der Waals surface area contributed by atoms with Crippen LogP contribution in [0.3, 0.4) is 0 Å². The first-order chi connectivity index (χ1) is 13.5. The second kappa shape index (κ2) is 9.07. The standard InChI is InChI=1S/C20H23N5O3/c1-13(2)10-17(20(26)27)16(19-22-24-25-23-19)11-14-8-9-18(21-12-14)28-15-6-4-3-5-7-15/h3-9,12-13,16-17H,10-11H2,1-2H3,(H,26,27)(H,22,23,24,25). The molecule has 3 rings (SSSR count). The van der Waals surface area contributed by atoms with E-state index in [4.69, 9.17) is 4.74 Å². The number of para-hydroxylation sites is 1. The second-order valence-electron chi connectivity index (χ2n) is 7.07. The lowest BCUT2D eigenvalue weighted by molar-refractivity contribution is -0.143. The molecule has 28 heavy (non-hydrogen) atoms. The van der Waals surface area contributed by atoms with Crippen LogP contribution in [-0.2, 0) is 11.2 Å². The number of tetrazole rings is 1. The SMILES string of the molecule is CC(C)CC(C(=O)O)C(Cc1ccc(Oc2ccccc2)nc1)c1nn[nH]n1. The van der Waals surface area contributed by atoms with Crippen molar-refractivity contribution in [2.75, 3.05) is 0 Å². The highest BCUT2D eigenvalue weighted by Crippen LogP contribution is 2.31. The molecule has 2 heterocycles. The molecule has 1 aromatic carbocycles. The van der Waals surface area contributed by atoms with Crippen molar-refractivity contribution >= 4 is 5.97 Å². The smallest absolute Gasteiger partial charge is 0.307 e. The van der Waals surface area contributed by atoms with Gasteiger partial charge in [0.05, 0.1) is 5.92 Å². The number of carbonyl (C=O) groups is 1. The number of aromatic amines is 1. The van der Waals surface area contributed by atoms with Gasteiger partial charge in [0.25, 0.3) is 0 Å². The second-order valence-corrected chi connectivity index (χ2v) is 7.07. The zero-order valence-corrected chi connectivity index (χ0v) is 15.8. The molecule has 0 spiro atoms. The highest BCUT2D eigenvalue weighted by molar-refractivity contribution is 5.71. The van der Waals surface area contributed by atoms with Crippen LogP contribution in [0, 0.1) is 11.8 Å². The molecule has 0 aliphatic carbocycles. The third-order valence-corrected chi connectivity index (χ3v) is 4.44. The molecule has 0 fully saturated rings. The Morgan fingerprint density at radius 3 is 2.54 bits per heavy atom. The summed E-state index contributed by atoms with van der Waals surface area (Å²) in [5.41, 5.74) is 0.880. The van der Waals surface area contributed by atoms with Gasteiger partial charge in [0.2, 0.25) is 5.88 Å². The molecule has 0 aliphatic heterocycles. The van der Waals surface area contributed by atoms with Crippen molar-refractivity contribution in [3.8, 4) is 11.6 Å². The highest BCUT2D eigenvalue weighted by Gasteiger charge is 2.33. The lowest BCUT2D eigenvalue weighted by Gasteiger charge is -2.23. The van der Waals surface area contributed by atoms with E-state index in [1.807, 2.05) is 50.2 Å². The molecule has 0 bridgehead atoms. The monoisotopic (exact) mass is 381 g/mol. The van der Waals surface area contributed by atoms with Crippen LogP contribution in [-0.4, -0.2) is 36.7 Å². The summed E-state index contributed by atoms with van der Waals surface area (Å²) in [7, 11) is 0. The number of benzene rings is 1. The minimum absolute atomic E-state index is 0.232. The summed E-state index contributed by atoms with van der Waals surface area (Å²) in [6.07, 6.45) is 2.67. The maximum atomic E-state index is 11.9. The van der Waals surface area contributed by atoms with Crippen molar-refractivity contribution in [3.63, 3.8) is 0 Å². The first-order valence-corrected chi connectivity index (χ1v) is 9.17. The third-order valence-electron chi connectivity index (χ3n) is 4.44. The predicted octanol–water partition coefficient (Wildman–Crippen LogP) is 3.46. The number of carboxylic acid groups (broad SMARTS) is 1. The van der Waals surface area contributed by atoms with E-state index in [1.54, 1.807) is 12.3 Å². The predicted molar refractivity (Wildman–Crippen MR) is 102 cm³/mol. The molecule has 2 aromatic heterocycles. The van der Waals surface area contributed by atoms with Gasteiger partial charge in [0.15, 0.2) is 5.82 Å². The van der Waals surface area contributed by atoms with Crippen molar-refractivity contribution in [1.29, 1.82) is 0 Å². The van der Waals surface area contributed by atoms with Gasteiger partial charge < -0.3 is 9.84 Å². The maximum Gasteiger partial charge on any atom is 0.307 e. The first-order valence-electron chi connectivity index (χ1n) is 9.17. The highest BCUT2D eigenvalue weighted by atomic mass is 16.5. The number of aromatic nitrogens is 5. The van der Waals surface area contributed by atoms with Crippen molar-refractivity contribution < 1.29 is 14.6 Å². The Kier molecular flexibility index (Phi) is 6.31. The van der Waals surface area contributed by atoms with Crippen LogP contribution >= 0.6 is 0 Å². The quantitative estimate of drug-likeness (QED) is 0.583.